The van der Waals surface area contributed by atoms with Crippen LogP contribution in [0.1, 0.15) is 23.0 Å². The minimum absolute atomic E-state index is 0.0721. The fourth-order valence-corrected chi connectivity index (χ4v) is 3.59. The molecule has 0 saturated heterocycles. The Morgan fingerprint density at radius 1 is 1.09 bits per heavy atom. The molecular formula is C25H20ClFN4O2. The van der Waals surface area contributed by atoms with Gasteiger partial charge in [0.15, 0.2) is 5.78 Å². The van der Waals surface area contributed by atoms with Gasteiger partial charge in [-0.05, 0) is 49.4 Å². The molecule has 0 saturated carbocycles. The smallest absolute Gasteiger partial charge is 0.252 e. The number of hydrogen-bond acceptors (Lipinski definition) is 4. The Balaban J connectivity index is 1.63. The third-order valence-electron chi connectivity index (χ3n) is 5.18. The number of amides is 1. The molecule has 1 atom stereocenters. The highest BCUT2D eigenvalue weighted by Crippen LogP contribution is 2.29. The van der Waals surface area contributed by atoms with Crippen molar-refractivity contribution >= 4 is 23.3 Å². The number of pyridine rings is 1. The van der Waals surface area contributed by atoms with Gasteiger partial charge < -0.3 is 5.32 Å². The number of ketones is 1. The molecule has 0 aliphatic carbocycles. The zero-order chi connectivity index (χ0) is 23.4. The molecule has 2 aromatic carbocycles. The Hall–Kier alpha value is -3.84. The van der Waals surface area contributed by atoms with Crippen molar-refractivity contribution in [3.63, 3.8) is 0 Å². The first-order chi connectivity index (χ1) is 15.9. The van der Waals surface area contributed by atoms with Crippen molar-refractivity contribution in [1.29, 1.82) is 0 Å². The van der Waals surface area contributed by atoms with E-state index in [-0.39, 0.29) is 23.3 Å². The van der Waals surface area contributed by atoms with Gasteiger partial charge in [-0.15, -0.1) is 0 Å². The van der Waals surface area contributed by atoms with E-state index < -0.39 is 17.8 Å². The number of benzene rings is 2. The lowest BCUT2D eigenvalue weighted by Crippen LogP contribution is -2.41. The summed E-state index contributed by atoms with van der Waals surface area (Å²) in [5.41, 5.74) is 2.53. The second-order valence-corrected chi connectivity index (χ2v) is 7.93. The lowest BCUT2D eigenvalue weighted by molar-refractivity contribution is -0.118. The molecule has 166 valence electrons. The average molecular weight is 463 g/mol. The van der Waals surface area contributed by atoms with E-state index in [1.165, 1.54) is 25.1 Å². The largest absolute Gasteiger partial charge is 0.342 e. The van der Waals surface area contributed by atoms with Crippen LogP contribution in [-0.2, 0) is 11.2 Å². The first-order valence-corrected chi connectivity index (χ1v) is 10.6. The summed E-state index contributed by atoms with van der Waals surface area (Å²) < 4.78 is 14.9. The molecule has 0 fully saturated rings. The standard InChI is InChI=1S/C25H20ClFN4O2/c1-15(32)21(13-18-5-2-3-12-28-18)29-25(33)19-6-4-7-20(27)24(19)23-14-22(30-31-23)16-8-10-17(26)11-9-16/h2-12,14,21H,13H2,1H3,(H,29,33)(H,30,31). The average Bonchev–Trinajstić information content (AvgIpc) is 3.29. The number of nitrogens with one attached hydrogen (secondary N) is 2. The number of hydrogen-bond donors (Lipinski definition) is 2. The Bertz CT molecular complexity index is 1290. The van der Waals surface area contributed by atoms with E-state index in [4.69, 9.17) is 11.6 Å². The summed E-state index contributed by atoms with van der Waals surface area (Å²) in [5.74, 6) is -1.38. The highest BCUT2D eigenvalue weighted by molar-refractivity contribution is 6.30. The van der Waals surface area contributed by atoms with E-state index >= 15 is 0 Å². The second kappa shape index (κ2) is 9.75. The topological polar surface area (TPSA) is 87.7 Å². The molecule has 33 heavy (non-hydrogen) atoms. The van der Waals surface area contributed by atoms with Gasteiger partial charge in [0.1, 0.15) is 5.82 Å². The van der Waals surface area contributed by atoms with E-state index in [1.807, 2.05) is 6.07 Å². The van der Waals surface area contributed by atoms with Crippen molar-refractivity contribution < 1.29 is 14.0 Å². The molecule has 0 aliphatic heterocycles. The number of carbonyl (C=O) groups is 2. The minimum Gasteiger partial charge on any atom is -0.342 e. The molecule has 0 spiro atoms. The van der Waals surface area contributed by atoms with E-state index in [9.17, 15) is 14.0 Å². The van der Waals surface area contributed by atoms with Crippen LogP contribution in [0.4, 0.5) is 4.39 Å². The third-order valence-corrected chi connectivity index (χ3v) is 5.43. The van der Waals surface area contributed by atoms with Crippen molar-refractivity contribution in [2.75, 3.05) is 0 Å². The van der Waals surface area contributed by atoms with Crippen LogP contribution in [0, 0.1) is 5.82 Å². The summed E-state index contributed by atoms with van der Waals surface area (Å²) >= 11 is 5.94. The summed E-state index contributed by atoms with van der Waals surface area (Å²) in [6.45, 7) is 1.40. The van der Waals surface area contributed by atoms with Gasteiger partial charge in [0, 0.05) is 34.5 Å². The Kier molecular flexibility index (Phi) is 6.60. The molecule has 1 amide bonds. The van der Waals surface area contributed by atoms with Crippen molar-refractivity contribution in [1.82, 2.24) is 20.5 Å². The molecule has 6 nitrogen and oxygen atoms in total. The first kappa shape index (κ1) is 22.4. The van der Waals surface area contributed by atoms with Gasteiger partial charge in [0.25, 0.3) is 5.91 Å². The van der Waals surface area contributed by atoms with Crippen LogP contribution in [0.2, 0.25) is 5.02 Å². The first-order valence-electron chi connectivity index (χ1n) is 10.2. The zero-order valence-corrected chi connectivity index (χ0v) is 18.4. The molecule has 0 aliphatic rings. The molecule has 0 bridgehead atoms. The van der Waals surface area contributed by atoms with Crippen LogP contribution >= 0.6 is 11.6 Å². The number of carbonyl (C=O) groups excluding carboxylic acids is 2. The van der Waals surface area contributed by atoms with Crippen LogP contribution < -0.4 is 5.32 Å². The van der Waals surface area contributed by atoms with Crippen molar-refractivity contribution in [3.8, 4) is 22.5 Å². The molecule has 4 aromatic rings. The normalized spacial score (nSPS) is 11.7. The molecular weight excluding hydrogens is 443 g/mol. The fraction of sp³-hybridized carbons (Fsp3) is 0.120. The second-order valence-electron chi connectivity index (χ2n) is 7.50. The lowest BCUT2D eigenvalue weighted by atomic mass is 10.0. The number of aromatic nitrogens is 3. The monoisotopic (exact) mass is 462 g/mol. The summed E-state index contributed by atoms with van der Waals surface area (Å²) in [4.78, 5) is 29.5. The number of rotatable bonds is 7. The van der Waals surface area contributed by atoms with Gasteiger partial charge in [0.2, 0.25) is 0 Å². The quantitative estimate of drug-likeness (QED) is 0.410. The predicted molar refractivity (Wildman–Crippen MR) is 124 cm³/mol. The number of H-pyrrole nitrogens is 1. The maximum Gasteiger partial charge on any atom is 0.252 e. The van der Waals surface area contributed by atoms with E-state index in [1.54, 1.807) is 48.7 Å². The Morgan fingerprint density at radius 2 is 1.88 bits per heavy atom. The number of aromatic amines is 1. The van der Waals surface area contributed by atoms with Crippen LogP contribution in [-0.4, -0.2) is 32.9 Å². The fourth-order valence-electron chi connectivity index (χ4n) is 3.47. The summed E-state index contributed by atoms with van der Waals surface area (Å²) in [6.07, 6.45) is 1.85. The number of Topliss-reactive ketones (excluding diaryl/α,β-unsaturated/α-hetero) is 1. The molecule has 4 rings (SSSR count). The van der Waals surface area contributed by atoms with Crippen LogP contribution in [0.15, 0.2) is 72.9 Å². The van der Waals surface area contributed by atoms with Crippen molar-refractivity contribution in [3.05, 3.63) is 95.0 Å². The Morgan fingerprint density at radius 3 is 2.58 bits per heavy atom. The van der Waals surface area contributed by atoms with E-state index in [0.717, 1.165) is 5.56 Å². The van der Waals surface area contributed by atoms with Gasteiger partial charge in [-0.2, -0.15) is 5.10 Å². The number of nitrogens with zero attached hydrogens (tertiary/aromatic N) is 2. The molecule has 0 radical (unpaired) electrons. The molecule has 1 unspecified atom stereocenters. The summed E-state index contributed by atoms with van der Waals surface area (Å²) in [6, 6.07) is 17.5. The maximum atomic E-state index is 14.9. The predicted octanol–water partition coefficient (Wildman–Crippen LogP) is 4.86. The Labute approximate surface area is 194 Å². The maximum absolute atomic E-state index is 14.9. The van der Waals surface area contributed by atoms with Gasteiger partial charge in [0.05, 0.1) is 23.0 Å². The molecule has 2 aromatic heterocycles. The summed E-state index contributed by atoms with van der Waals surface area (Å²) in [5, 5.41) is 10.4. The lowest BCUT2D eigenvalue weighted by Gasteiger charge is -2.17. The third kappa shape index (κ3) is 5.15. The van der Waals surface area contributed by atoms with E-state index in [0.29, 0.717) is 22.1 Å². The minimum atomic E-state index is -0.796. The van der Waals surface area contributed by atoms with Crippen molar-refractivity contribution in [2.24, 2.45) is 0 Å². The summed E-state index contributed by atoms with van der Waals surface area (Å²) in [7, 11) is 0. The molecule has 8 heteroatoms. The van der Waals surface area contributed by atoms with Gasteiger partial charge in [-0.25, -0.2) is 4.39 Å². The SMILES string of the molecule is CC(=O)C(Cc1ccccn1)NC(=O)c1cccc(F)c1-c1cc(-c2ccc(Cl)cc2)n[nH]1. The van der Waals surface area contributed by atoms with Crippen molar-refractivity contribution in [2.45, 2.75) is 19.4 Å². The van der Waals surface area contributed by atoms with Crippen LogP contribution in [0.3, 0.4) is 0 Å². The number of halogens is 2. The molecule has 2 N–H and O–H groups in total. The van der Waals surface area contributed by atoms with Crippen LogP contribution in [0.25, 0.3) is 22.5 Å². The van der Waals surface area contributed by atoms with Crippen LogP contribution in [0.5, 0.6) is 0 Å². The molecule has 2 heterocycles. The zero-order valence-electron chi connectivity index (χ0n) is 17.7. The van der Waals surface area contributed by atoms with E-state index in [2.05, 4.69) is 20.5 Å². The van der Waals surface area contributed by atoms with Gasteiger partial charge in [-0.1, -0.05) is 35.9 Å². The van der Waals surface area contributed by atoms with Gasteiger partial charge >= 0.3 is 0 Å². The highest BCUT2D eigenvalue weighted by atomic mass is 35.5. The highest BCUT2D eigenvalue weighted by Gasteiger charge is 2.23. The van der Waals surface area contributed by atoms with Gasteiger partial charge in [-0.3, -0.25) is 19.7 Å².